The Bertz CT molecular complexity index is 653. The minimum absolute atomic E-state index is 0.0236. The molecule has 2 amide bonds. The third kappa shape index (κ3) is 4.80. The Labute approximate surface area is 161 Å². The van der Waals surface area contributed by atoms with Crippen LogP contribution in [0.3, 0.4) is 0 Å². The fourth-order valence-electron chi connectivity index (χ4n) is 3.96. The monoisotopic (exact) mass is 373 g/mol. The number of hydrogen-bond donors (Lipinski definition) is 1. The van der Waals surface area contributed by atoms with Gasteiger partial charge in [0.1, 0.15) is 5.75 Å². The van der Waals surface area contributed by atoms with Crippen molar-refractivity contribution < 1.29 is 14.3 Å². The Morgan fingerprint density at radius 1 is 1.11 bits per heavy atom. The van der Waals surface area contributed by atoms with E-state index in [1.807, 2.05) is 29.2 Å². The number of nitrogens with zero attached hydrogens (tertiary/aromatic N) is 2. The summed E-state index contributed by atoms with van der Waals surface area (Å²) in [6.45, 7) is 6.20. The third-order valence-corrected chi connectivity index (χ3v) is 5.72. The molecule has 2 N–H and O–H groups in total. The van der Waals surface area contributed by atoms with Crippen LogP contribution in [0.15, 0.2) is 24.3 Å². The zero-order valence-electron chi connectivity index (χ0n) is 16.4. The molecule has 148 valence electrons. The average Bonchev–Trinajstić information content (AvgIpc) is 3.14. The summed E-state index contributed by atoms with van der Waals surface area (Å²) in [5, 5.41) is 0. The molecule has 6 nitrogen and oxygen atoms in total. The first-order chi connectivity index (χ1) is 13.0. The first kappa shape index (κ1) is 19.7. The second kappa shape index (κ2) is 8.74. The fraction of sp³-hybridized carbons (Fsp3) is 0.619. The summed E-state index contributed by atoms with van der Waals surface area (Å²) in [7, 11) is 0. The minimum atomic E-state index is -0.535. The van der Waals surface area contributed by atoms with Crippen LogP contribution in [0.25, 0.3) is 0 Å². The molecule has 1 aliphatic carbocycles. The molecule has 3 rings (SSSR count). The summed E-state index contributed by atoms with van der Waals surface area (Å²) in [5.41, 5.74) is 7.17. The molecule has 2 fully saturated rings. The van der Waals surface area contributed by atoms with Crippen LogP contribution < -0.4 is 10.5 Å². The highest BCUT2D eigenvalue weighted by Gasteiger charge is 2.34. The smallest absolute Gasteiger partial charge is 0.263 e. The number of amides is 2. The molecular formula is C21H31N3O3. The summed E-state index contributed by atoms with van der Waals surface area (Å²) in [6, 6.07) is 8.01. The number of aryl methyl sites for hydroxylation is 1. The highest BCUT2D eigenvalue weighted by atomic mass is 16.5. The topological polar surface area (TPSA) is 75.9 Å². The summed E-state index contributed by atoms with van der Waals surface area (Å²) < 4.78 is 5.81. The van der Waals surface area contributed by atoms with Gasteiger partial charge in [0, 0.05) is 38.1 Å². The highest BCUT2D eigenvalue weighted by Crippen LogP contribution is 2.26. The molecule has 1 saturated heterocycles. The van der Waals surface area contributed by atoms with Gasteiger partial charge in [0.2, 0.25) is 5.91 Å². The van der Waals surface area contributed by atoms with Crippen LogP contribution in [0, 0.1) is 5.92 Å². The molecule has 0 bridgehead atoms. The molecular weight excluding hydrogens is 342 g/mol. The number of carbonyl (C=O) groups is 2. The number of ether oxygens (including phenoxy) is 1. The first-order valence-corrected chi connectivity index (χ1v) is 10.1. The van der Waals surface area contributed by atoms with Crippen molar-refractivity contribution >= 4 is 11.8 Å². The van der Waals surface area contributed by atoms with Gasteiger partial charge in [-0.2, -0.15) is 0 Å². The number of hydrogen-bond acceptors (Lipinski definition) is 4. The van der Waals surface area contributed by atoms with Gasteiger partial charge in [0.05, 0.1) is 0 Å². The van der Waals surface area contributed by atoms with Crippen molar-refractivity contribution in [3.8, 4) is 5.75 Å². The molecule has 1 aromatic rings. The Balaban J connectivity index is 1.47. The molecule has 27 heavy (non-hydrogen) atoms. The number of benzene rings is 1. The second-order valence-corrected chi connectivity index (χ2v) is 7.68. The largest absolute Gasteiger partial charge is 0.481 e. The van der Waals surface area contributed by atoms with Crippen LogP contribution in [0.4, 0.5) is 0 Å². The molecule has 2 aliphatic rings. The number of carbonyl (C=O) groups excluding carboxylic acids is 2. The molecule has 0 radical (unpaired) electrons. The Kier molecular flexibility index (Phi) is 6.37. The van der Waals surface area contributed by atoms with E-state index in [-0.39, 0.29) is 23.8 Å². The van der Waals surface area contributed by atoms with Crippen LogP contribution in [0.5, 0.6) is 5.75 Å². The maximum atomic E-state index is 12.7. The molecule has 1 aliphatic heterocycles. The van der Waals surface area contributed by atoms with Crippen molar-refractivity contribution in [3.63, 3.8) is 0 Å². The lowest BCUT2D eigenvalue weighted by Crippen LogP contribution is -2.54. The summed E-state index contributed by atoms with van der Waals surface area (Å²) >= 11 is 0. The van der Waals surface area contributed by atoms with Crippen molar-refractivity contribution in [2.75, 3.05) is 26.2 Å². The lowest BCUT2D eigenvalue weighted by molar-refractivity contribution is -0.145. The zero-order chi connectivity index (χ0) is 19.4. The first-order valence-electron chi connectivity index (χ1n) is 10.1. The Morgan fingerprint density at radius 2 is 1.74 bits per heavy atom. The Hall–Kier alpha value is -2.08. The maximum Gasteiger partial charge on any atom is 0.263 e. The van der Waals surface area contributed by atoms with Crippen LogP contribution in [0.1, 0.15) is 38.7 Å². The highest BCUT2D eigenvalue weighted by molar-refractivity contribution is 5.82. The lowest BCUT2D eigenvalue weighted by Gasteiger charge is -2.37. The zero-order valence-corrected chi connectivity index (χ0v) is 16.4. The van der Waals surface area contributed by atoms with E-state index in [0.717, 1.165) is 25.7 Å². The molecule has 0 aromatic heterocycles. The van der Waals surface area contributed by atoms with E-state index in [4.69, 9.17) is 10.5 Å². The van der Waals surface area contributed by atoms with Gasteiger partial charge in [-0.25, -0.2) is 0 Å². The van der Waals surface area contributed by atoms with E-state index >= 15 is 0 Å². The molecule has 1 heterocycles. The number of piperazine rings is 1. The van der Waals surface area contributed by atoms with Crippen molar-refractivity contribution in [1.29, 1.82) is 0 Å². The van der Waals surface area contributed by atoms with Crippen LogP contribution >= 0.6 is 0 Å². The van der Waals surface area contributed by atoms with E-state index in [0.29, 0.717) is 31.9 Å². The van der Waals surface area contributed by atoms with E-state index in [1.54, 1.807) is 11.8 Å². The van der Waals surface area contributed by atoms with Gasteiger partial charge < -0.3 is 20.3 Å². The van der Waals surface area contributed by atoms with Gasteiger partial charge in [0.15, 0.2) is 6.10 Å². The van der Waals surface area contributed by atoms with Crippen LogP contribution in [-0.2, 0) is 16.0 Å². The van der Waals surface area contributed by atoms with Crippen LogP contribution in [-0.4, -0.2) is 59.9 Å². The summed E-state index contributed by atoms with van der Waals surface area (Å²) in [6.07, 6.45) is 3.06. The number of nitrogens with two attached hydrogens (primary N) is 1. The van der Waals surface area contributed by atoms with Gasteiger partial charge in [-0.1, -0.05) is 19.1 Å². The number of rotatable bonds is 5. The molecule has 1 saturated carbocycles. The van der Waals surface area contributed by atoms with E-state index in [2.05, 4.69) is 6.92 Å². The van der Waals surface area contributed by atoms with Crippen LogP contribution in [0.2, 0.25) is 0 Å². The maximum absolute atomic E-state index is 12.7. The van der Waals surface area contributed by atoms with Gasteiger partial charge in [-0.05, 0) is 50.3 Å². The third-order valence-electron chi connectivity index (χ3n) is 5.72. The normalized spacial score (nSPS) is 24.0. The second-order valence-electron chi connectivity index (χ2n) is 7.68. The standard InChI is InChI=1S/C21H31N3O3/c1-3-16-4-8-19(9-5-16)27-15(2)20(25)23-10-12-24(13-11-23)21(26)17-6-7-18(22)14-17/h4-5,8-9,15,17-18H,3,6-7,10-14,22H2,1-2H3. The quantitative estimate of drug-likeness (QED) is 0.854. The predicted octanol–water partition coefficient (Wildman–Crippen LogP) is 1.81. The van der Waals surface area contributed by atoms with E-state index < -0.39 is 6.10 Å². The van der Waals surface area contributed by atoms with Gasteiger partial charge >= 0.3 is 0 Å². The van der Waals surface area contributed by atoms with Gasteiger partial charge in [-0.15, -0.1) is 0 Å². The van der Waals surface area contributed by atoms with Gasteiger partial charge in [0.25, 0.3) is 5.91 Å². The molecule has 3 atom stereocenters. The summed E-state index contributed by atoms with van der Waals surface area (Å²) in [4.78, 5) is 29.0. The molecule has 3 unspecified atom stereocenters. The van der Waals surface area contributed by atoms with Crippen molar-refractivity contribution in [2.24, 2.45) is 11.7 Å². The van der Waals surface area contributed by atoms with E-state index in [9.17, 15) is 9.59 Å². The van der Waals surface area contributed by atoms with Crippen molar-refractivity contribution in [3.05, 3.63) is 29.8 Å². The SMILES string of the molecule is CCc1ccc(OC(C)C(=O)N2CCN(C(=O)C3CCC(N)C3)CC2)cc1. The average molecular weight is 373 g/mol. The Morgan fingerprint density at radius 3 is 2.30 bits per heavy atom. The predicted molar refractivity (Wildman–Crippen MR) is 104 cm³/mol. The molecule has 6 heteroatoms. The fourth-order valence-corrected chi connectivity index (χ4v) is 3.96. The lowest BCUT2D eigenvalue weighted by atomic mass is 10.1. The minimum Gasteiger partial charge on any atom is -0.481 e. The summed E-state index contributed by atoms with van der Waals surface area (Å²) in [5.74, 6) is 0.954. The van der Waals surface area contributed by atoms with E-state index in [1.165, 1.54) is 5.56 Å². The molecule has 0 spiro atoms. The van der Waals surface area contributed by atoms with Crippen molar-refractivity contribution in [1.82, 2.24) is 9.80 Å². The molecule has 1 aromatic carbocycles. The van der Waals surface area contributed by atoms with Gasteiger partial charge in [-0.3, -0.25) is 9.59 Å². The van der Waals surface area contributed by atoms with Crippen molar-refractivity contribution in [2.45, 2.75) is 51.7 Å².